The average Bonchev–Trinajstić information content (AvgIpc) is 2.46. The third-order valence-corrected chi connectivity index (χ3v) is 5.33. The third kappa shape index (κ3) is 19.5. The maximum Gasteiger partial charge on any atom is 0.469 e. The Morgan fingerprint density at radius 1 is 0.571 bits per heavy atom. The van der Waals surface area contributed by atoms with Gasteiger partial charge in [-0.05, 0) is 36.5 Å². The fourth-order valence-electron chi connectivity index (χ4n) is 2.15. The maximum absolute atomic E-state index is 10.7. The summed E-state index contributed by atoms with van der Waals surface area (Å²) < 4.78 is 41.3. The van der Waals surface area contributed by atoms with Gasteiger partial charge in [0.05, 0.1) is 26.4 Å². The molecule has 0 saturated carbocycles. The zero-order valence-electron chi connectivity index (χ0n) is 17.2. The monoisotopic (exact) mass is 450 g/mol. The zero-order chi connectivity index (χ0) is 21.9. The molecule has 0 aromatic rings. The number of hydrogen-bond donors (Lipinski definition) is 4. The molecule has 0 aromatic carbocycles. The Morgan fingerprint density at radius 2 is 0.857 bits per heavy atom. The van der Waals surface area contributed by atoms with Gasteiger partial charge in [0.1, 0.15) is 0 Å². The topological polar surface area (TPSA) is 152 Å². The van der Waals surface area contributed by atoms with Crippen molar-refractivity contribution in [2.75, 3.05) is 39.6 Å². The molecule has 12 heteroatoms. The summed E-state index contributed by atoms with van der Waals surface area (Å²) in [4.78, 5) is 34.7. The molecule has 0 rings (SSSR count). The van der Waals surface area contributed by atoms with E-state index in [1.54, 1.807) is 0 Å². The van der Waals surface area contributed by atoms with Gasteiger partial charge in [-0.15, -0.1) is 0 Å². The van der Waals surface area contributed by atoms with Crippen molar-refractivity contribution >= 4 is 15.6 Å². The molecule has 0 atom stereocenters. The van der Waals surface area contributed by atoms with Crippen molar-refractivity contribution in [3.63, 3.8) is 0 Å². The molecule has 0 unspecified atom stereocenters. The lowest BCUT2D eigenvalue weighted by atomic mass is 9.86. The lowest BCUT2D eigenvalue weighted by Crippen LogP contribution is -2.19. The summed E-state index contributed by atoms with van der Waals surface area (Å²) in [6.45, 7) is 9.82. The summed E-state index contributed by atoms with van der Waals surface area (Å²) in [5.41, 5.74) is -0.315. The molecule has 0 radical (unpaired) electrons. The fraction of sp³-hybridized carbons (Fsp3) is 1.00. The van der Waals surface area contributed by atoms with E-state index in [1.807, 2.05) is 27.7 Å². The summed E-state index contributed by atoms with van der Waals surface area (Å²) in [6, 6.07) is 0. The van der Waals surface area contributed by atoms with Gasteiger partial charge in [0, 0.05) is 13.2 Å². The van der Waals surface area contributed by atoms with E-state index in [1.165, 1.54) is 0 Å². The molecule has 0 fully saturated rings. The highest BCUT2D eigenvalue weighted by Crippen LogP contribution is 2.38. The van der Waals surface area contributed by atoms with E-state index >= 15 is 0 Å². The normalized spacial score (nSPS) is 13.9. The van der Waals surface area contributed by atoms with Crippen LogP contribution in [0.2, 0.25) is 0 Å². The number of phosphoric acid groups is 2. The first-order valence-corrected chi connectivity index (χ1v) is 12.2. The molecule has 0 heterocycles. The summed E-state index contributed by atoms with van der Waals surface area (Å²) in [5.74, 6) is 0. The van der Waals surface area contributed by atoms with Gasteiger partial charge in [-0.25, -0.2) is 9.13 Å². The summed E-state index contributed by atoms with van der Waals surface area (Å²) >= 11 is 0. The van der Waals surface area contributed by atoms with Crippen LogP contribution >= 0.6 is 15.6 Å². The molecule has 28 heavy (non-hydrogen) atoms. The van der Waals surface area contributed by atoms with Crippen LogP contribution in [0.15, 0.2) is 0 Å². The van der Waals surface area contributed by atoms with E-state index in [-0.39, 0.29) is 24.0 Å². The minimum atomic E-state index is -4.41. The van der Waals surface area contributed by atoms with Gasteiger partial charge in [0.25, 0.3) is 0 Å². The molecule has 0 saturated heterocycles. The highest BCUT2D eigenvalue weighted by molar-refractivity contribution is 7.46. The maximum atomic E-state index is 10.7. The van der Waals surface area contributed by atoms with E-state index in [4.69, 9.17) is 29.0 Å². The Bertz CT molecular complexity index is 466. The number of rotatable bonds is 17. The first kappa shape index (κ1) is 28.1. The first-order valence-electron chi connectivity index (χ1n) is 9.18. The van der Waals surface area contributed by atoms with E-state index in [0.717, 1.165) is 12.8 Å². The van der Waals surface area contributed by atoms with E-state index in [0.29, 0.717) is 39.3 Å². The van der Waals surface area contributed by atoms with Crippen molar-refractivity contribution < 1.29 is 47.2 Å². The average molecular weight is 450 g/mol. The molecule has 0 aliphatic rings. The quantitative estimate of drug-likeness (QED) is 0.192. The predicted molar refractivity (Wildman–Crippen MR) is 104 cm³/mol. The van der Waals surface area contributed by atoms with Gasteiger partial charge in [-0.2, -0.15) is 0 Å². The Labute approximate surface area is 167 Å². The van der Waals surface area contributed by atoms with Gasteiger partial charge in [0.15, 0.2) is 0 Å². The van der Waals surface area contributed by atoms with Gasteiger partial charge in [-0.1, -0.05) is 27.7 Å². The molecule has 0 bridgehead atoms. The molecule has 4 N–H and O–H groups in total. The highest BCUT2D eigenvalue weighted by Gasteiger charge is 2.22. The van der Waals surface area contributed by atoms with Crippen molar-refractivity contribution in [3.8, 4) is 0 Å². The predicted octanol–water partition coefficient (Wildman–Crippen LogP) is 2.85. The molecular weight excluding hydrogens is 414 g/mol. The Morgan fingerprint density at radius 3 is 1.14 bits per heavy atom. The molecule has 170 valence electrons. The van der Waals surface area contributed by atoms with Gasteiger partial charge in [0.2, 0.25) is 0 Å². The second-order valence-corrected chi connectivity index (χ2v) is 10.7. The minimum Gasteiger partial charge on any atom is -0.379 e. The standard InChI is InChI=1S/C16H36O10P2/c1-15(2,7-11-25-27(17,18)19)5-9-23-13-14-24-10-6-16(3,4)8-12-26-28(20,21)22/h5-14H2,1-4H3,(H2,17,18,19)(H2,20,21,22). The van der Waals surface area contributed by atoms with Crippen LogP contribution in [0.1, 0.15) is 53.4 Å². The van der Waals surface area contributed by atoms with Crippen molar-refractivity contribution in [1.82, 2.24) is 0 Å². The molecule has 0 aromatic heterocycles. The molecule has 0 spiro atoms. The van der Waals surface area contributed by atoms with Crippen LogP contribution in [-0.4, -0.2) is 59.2 Å². The van der Waals surface area contributed by atoms with Crippen molar-refractivity contribution in [2.45, 2.75) is 53.4 Å². The van der Waals surface area contributed by atoms with Crippen LogP contribution in [-0.2, 0) is 27.7 Å². The SMILES string of the molecule is CC(C)(CCOCCOCCC(C)(C)CCOP(=O)(O)O)CCOP(=O)(O)O. The van der Waals surface area contributed by atoms with E-state index in [9.17, 15) is 9.13 Å². The fourth-order valence-corrected chi connectivity index (χ4v) is 2.81. The second-order valence-electron chi connectivity index (χ2n) is 8.20. The van der Waals surface area contributed by atoms with Crippen LogP contribution in [0, 0.1) is 10.8 Å². The number of hydrogen-bond acceptors (Lipinski definition) is 6. The van der Waals surface area contributed by atoms with Crippen molar-refractivity contribution in [3.05, 3.63) is 0 Å². The lowest BCUT2D eigenvalue weighted by molar-refractivity contribution is 0.0247. The molecule has 10 nitrogen and oxygen atoms in total. The van der Waals surface area contributed by atoms with Crippen molar-refractivity contribution in [2.24, 2.45) is 10.8 Å². The summed E-state index contributed by atoms with van der Waals surface area (Å²) in [7, 11) is -8.83. The summed E-state index contributed by atoms with van der Waals surface area (Å²) in [5, 5.41) is 0. The molecule has 0 amide bonds. The summed E-state index contributed by atoms with van der Waals surface area (Å²) in [6.07, 6.45) is 2.48. The number of phosphoric ester groups is 2. The van der Waals surface area contributed by atoms with Crippen LogP contribution in [0.4, 0.5) is 0 Å². The third-order valence-electron chi connectivity index (χ3n) is 4.29. The van der Waals surface area contributed by atoms with E-state index < -0.39 is 15.6 Å². The second kappa shape index (κ2) is 12.7. The lowest BCUT2D eigenvalue weighted by Gasteiger charge is -2.25. The van der Waals surface area contributed by atoms with Crippen LogP contribution in [0.25, 0.3) is 0 Å². The molecule has 0 aliphatic carbocycles. The minimum absolute atomic E-state index is 0.00459. The van der Waals surface area contributed by atoms with Gasteiger partial charge < -0.3 is 29.0 Å². The van der Waals surface area contributed by atoms with E-state index in [2.05, 4.69) is 9.05 Å². The number of ether oxygens (including phenoxy) is 2. The van der Waals surface area contributed by atoms with Gasteiger partial charge in [-0.3, -0.25) is 9.05 Å². The highest BCUT2D eigenvalue weighted by atomic mass is 31.2. The smallest absolute Gasteiger partial charge is 0.379 e. The Kier molecular flexibility index (Phi) is 12.8. The van der Waals surface area contributed by atoms with Crippen LogP contribution in [0.3, 0.4) is 0 Å². The van der Waals surface area contributed by atoms with Gasteiger partial charge >= 0.3 is 15.6 Å². The zero-order valence-corrected chi connectivity index (χ0v) is 19.0. The van der Waals surface area contributed by atoms with Crippen LogP contribution in [0.5, 0.6) is 0 Å². The van der Waals surface area contributed by atoms with Crippen LogP contribution < -0.4 is 0 Å². The molecule has 0 aliphatic heterocycles. The van der Waals surface area contributed by atoms with Crippen molar-refractivity contribution in [1.29, 1.82) is 0 Å². The first-order chi connectivity index (χ1) is 12.6. The Balaban J connectivity index is 3.70. The largest absolute Gasteiger partial charge is 0.469 e. The molecular formula is C16H36O10P2. The Hall–Kier alpha value is 0.140.